The van der Waals surface area contributed by atoms with Gasteiger partial charge >= 0.3 is 0 Å². The molecule has 1 aliphatic heterocycles. The van der Waals surface area contributed by atoms with Crippen molar-refractivity contribution >= 4 is 23.3 Å². The highest BCUT2D eigenvalue weighted by molar-refractivity contribution is 5.96. The molecule has 2 heterocycles. The lowest BCUT2D eigenvalue weighted by Crippen LogP contribution is -2.23. The molecule has 2 fully saturated rings. The Bertz CT molecular complexity index is 838. The predicted molar refractivity (Wildman–Crippen MR) is 98.8 cm³/mol. The van der Waals surface area contributed by atoms with E-state index >= 15 is 0 Å². The molecule has 7 nitrogen and oxygen atoms in total. The maximum Gasteiger partial charge on any atom is 0.232 e. The molecule has 1 aromatic heterocycles. The molecule has 0 spiro atoms. The number of aromatic amines is 1. The molecule has 136 valence electrons. The first-order valence-corrected chi connectivity index (χ1v) is 9.02. The standard InChI is InChI=1S/C19H23N5O2/c1-12(13-4-6-14(7-5-13)24-10-2-3-17(24)25)18(26)21-16-11-15(22-23-16)19(20)8-9-19/h4-7,11-12H,2-3,8-10,20H2,1H3,(H2,21,22,23,26). The first kappa shape index (κ1) is 16.8. The number of nitrogens with two attached hydrogens (primary N) is 1. The fourth-order valence-electron chi connectivity index (χ4n) is 3.29. The minimum atomic E-state index is -0.328. The minimum absolute atomic E-state index is 0.130. The number of hydrogen-bond donors (Lipinski definition) is 3. The van der Waals surface area contributed by atoms with Crippen molar-refractivity contribution in [2.24, 2.45) is 5.73 Å². The largest absolute Gasteiger partial charge is 0.320 e. The van der Waals surface area contributed by atoms with E-state index in [4.69, 9.17) is 5.73 Å². The van der Waals surface area contributed by atoms with E-state index in [1.54, 1.807) is 11.0 Å². The van der Waals surface area contributed by atoms with Crippen LogP contribution in [0.25, 0.3) is 0 Å². The van der Waals surface area contributed by atoms with Gasteiger partial charge in [-0.3, -0.25) is 14.7 Å². The number of nitrogens with zero attached hydrogens (tertiary/aromatic N) is 2. The maximum atomic E-state index is 12.5. The average Bonchev–Trinajstić information content (AvgIpc) is 3.03. The van der Waals surface area contributed by atoms with Crippen LogP contribution in [0.3, 0.4) is 0 Å². The Balaban J connectivity index is 1.41. The van der Waals surface area contributed by atoms with E-state index in [-0.39, 0.29) is 23.3 Å². The third-order valence-corrected chi connectivity index (χ3v) is 5.33. The van der Waals surface area contributed by atoms with Crippen LogP contribution in [0.1, 0.15) is 49.8 Å². The van der Waals surface area contributed by atoms with Crippen molar-refractivity contribution < 1.29 is 9.59 Å². The second-order valence-electron chi connectivity index (χ2n) is 7.27. The fourth-order valence-corrected chi connectivity index (χ4v) is 3.29. The summed E-state index contributed by atoms with van der Waals surface area (Å²) >= 11 is 0. The van der Waals surface area contributed by atoms with Crippen molar-refractivity contribution in [2.45, 2.75) is 44.1 Å². The van der Waals surface area contributed by atoms with Crippen molar-refractivity contribution in [3.63, 3.8) is 0 Å². The van der Waals surface area contributed by atoms with Gasteiger partial charge in [0.05, 0.1) is 17.2 Å². The number of hydrogen-bond acceptors (Lipinski definition) is 4. The number of H-pyrrole nitrogens is 1. The number of aromatic nitrogens is 2. The SMILES string of the molecule is CC(C(=O)Nc1cc(C2(N)CC2)[nH]n1)c1ccc(N2CCCC2=O)cc1. The summed E-state index contributed by atoms with van der Waals surface area (Å²) in [6, 6.07) is 9.42. The molecule has 1 atom stereocenters. The van der Waals surface area contributed by atoms with Gasteiger partial charge in [0.1, 0.15) is 0 Å². The molecule has 2 aromatic rings. The predicted octanol–water partition coefficient (Wildman–Crippen LogP) is 2.23. The van der Waals surface area contributed by atoms with E-state index in [9.17, 15) is 9.59 Å². The zero-order valence-corrected chi connectivity index (χ0v) is 14.8. The van der Waals surface area contributed by atoms with Crippen LogP contribution in [0.5, 0.6) is 0 Å². The highest BCUT2D eigenvalue weighted by Gasteiger charge is 2.41. The summed E-state index contributed by atoms with van der Waals surface area (Å²) < 4.78 is 0. The van der Waals surface area contributed by atoms with Gasteiger partial charge in [0, 0.05) is 24.7 Å². The lowest BCUT2D eigenvalue weighted by Gasteiger charge is -2.17. The Morgan fingerprint density at radius 2 is 2.08 bits per heavy atom. The Hall–Kier alpha value is -2.67. The summed E-state index contributed by atoms with van der Waals surface area (Å²) in [5.74, 6) is 0.195. The molecule has 0 bridgehead atoms. The second kappa shape index (κ2) is 6.25. The Kier molecular flexibility index (Phi) is 4.03. The highest BCUT2D eigenvalue weighted by atomic mass is 16.2. The second-order valence-corrected chi connectivity index (χ2v) is 7.27. The molecule has 4 N–H and O–H groups in total. The Labute approximate surface area is 151 Å². The number of carbonyl (C=O) groups excluding carboxylic acids is 2. The number of rotatable bonds is 5. The molecule has 0 radical (unpaired) electrons. The Morgan fingerprint density at radius 3 is 2.69 bits per heavy atom. The van der Waals surface area contributed by atoms with E-state index < -0.39 is 0 Å². The van der Waals surface area contributed by atoms with E-state index in [1.807, 2.05) is 31.2 Å². The smallest absolute Gasteiger partial charge is 0.232 e. The Morgan fingerprint density at radius 1 is 1.35 bits per heavy atom. The molecule has 2 amide bonds. The van der Waals surface area contributed by atoms with Crippen LogP contribution in [0, 0.1) is 0 Å². The van der Waals surface area contributed by atoms with Gasteiger partial charge in [0.15, 0.2) is 5.82 Å². The van der Waals surface area contributed by atoms with Crippen LogP contribution in [0.2, 0.25) is 0 Å². The molecule has 1 aromatic carbocycles. The summed E-state index contributed by atoms with van der Waals surface area (Å²) in [6.07, 6.45) is 3.38. The van der Waals surface area contributed by atoms with Crippen molar-refractivity contribution in [3.8, 4) is 0 Å². The van der Waals surface area contributed by atoms with Gasteiger partial charge in [-0.25, -0.2) is 0 Å². The lowest BCUT2D eigenvalue weighted by molar-refractivity contribution is -0.118. The molecule has 1 aliphatic carbocycles. The molecular weight excluding hydrogens is 330 g/mol. The number of carbonyl (C=O) groups is 2. The van der Waals surface area contributed by atoms with E-state index in [0.29, 0.717) is 12.2 Å². The van der Waals surface area contributed by atoms with Gasteiger partial charge in [0.2, 0.25) is 11.8 Å². The van der Waals surface area contributed by atoms with Crippen molar-refractivity contribution in [2.75, 3.05) is 16.8 Å². The maximum absolute atomic E-state index is 12.5. The van der Waals surface area contributed by atoms with E-state index in [0.717, 1.165) is 42.8 Å². The highest BCUT2D eigenvalue weighted by Crippen LogP contribution is 2.42. The number of amides is 2. The molecule has 7 heteroatoms. The van der Waals surface area contributed by atoms with Gasteiger partial charge in [0.25, 0.3) is 0 Å². The normalized spacial score (nSPS) is 19.5. The van der Waals surface area contributed by atoms with Crippen molar-refractivity contribution in [1.29, 1.82) is 0 Å². The van der Waals surface area contributed by atoms with Crippen LogP contribution < -0.4 is 16.0 Å². The topological polar surface area (TPSA) is 104 Å². The molecular formula is C19H23N5O2. The van der Waals surface area contributed by atoms with Gasteiger partial charge in [-0.1, -0.05) is 12.1 Å². The zero-order chi connectivity index (χ0) is 18.3. The quantitative estimate of drug-likeness (QED) is 0.766. The van der Waals surface area contributed by atoms with Crippen LogP contribution in [0.15, 0.2) is 30.3 Å². The van der Waals surface area contributed by atoms with Gasteiger partial charge in [-0.15, -0.1) is 0 Å². The van der Waals surface area contributed by atoms with E-state index in [2.05, 4.69) is 15.5 Å². The summed E-state index contributed by atoms with van der Waals surface area (Å²) in [7, 11) is 0. The molecule has 26 heavy (non-hydrogen) atoms. The van der Waals surface area contributed by atoms with Crippen LogP contribution >= 0.6 is 0 Å². The van der Waals surface area contributed by atoms with Crippen LogP contribution in [-0.4, -0.2) is 28.6 Å². The van der Waals surface area contributed by atoms with Gasteiger partial charge in [-0.05, 0) is 43.9 Å². The fraction of sp³-hybridized carbons (Fsp3) is 0.421. The summed E-state index contributed by atoms with van der Waals surface area (Å²) in [5, 5.41) is 9.88. The van der Waals surface area contributed by atoms with Gasteiger partial charge in [-0.2, -0.15) is 5.10 Å². The van der Waals surface area contributed by atoms with Crippen molar-refractivity contribution in [1.82, 2.24) is 10.2 Å². The average molecular weight is 353 g/mol. The van der Waals surface area contributed by atoms with E-state index in [1.165, 1.54) is 0 Å². The molecule has 1 unspecified atom stereocenters. The first-order chi connectivity index (χ1) is 12.5. The van der Waals surface area contributed by atoms with Gasteiger partial charge < -0.3 is 16.0 Å². The molecule has 4 rings (SSSR count). The monoisotopic (exact) mass is 353 g/mol. The number of benzene rings is 1. The lowest BCUT2D eigenvalue weighted by atomic mass is 10.00. The molecule has 2 aliphatic rings. The number of anilines is 2. The first-order valence-electron chi connectivity index (χ1n) is 9.02. The van der Waals surface area contributed by atoms with Crippen molar-refractivity contribution in [3.05, 3.63) is 41.6 Å². The molecule has 1 saturated carbocycles. The summed E-state index contributed by atoms with van der Waals surface area (Å²) in [5.41, 5.74) is 8.47. The molecule has 1 saturated heterocycles. The summed E-state index contributed by atoms with van der Waals surface area (Å²) in [6.45, 7) is 2.61. The third kappa shape index (κ3) is 3.10. The summed E-state index contributed by atoms with van der Waals surface area (Å²) in [4.78, 5) is 26.1. The van der Waals surface area contributed by atoms with Crippen LogP contribution in [-0.2, 0) is 15.1 Å². The minimum Gasteiger partial charge on any atom is -0.320 e. The van der Waals surface area contributed by atoms with Crippen LogP contribution in [0.4, 0.5) is 11.5 Å². The third-order valence-electron chi connectivity index (χ3n) is 5.33. The zero-order valence-electron chi connectivity index (χ0n) is 14.8. The number of nitrogens with one attached hydrogen (secondary N) is 2.